The van der Waals surface area contributed by atoms with E-state index in [-0.39, 0.29) is 11.9 Å². The lowest BCUT2D eigenvalue weighted by atomic mass is 10.1. The molecule has 6 heteroatoms. The molecule has 0 saturated carbocycles. The summed E-state index contributed by atoms with van der Waals surface area (Å²) in [4.78, 5) is 17.2. The Morgan fingerprint density at radius 2 is 1.89 bits per heavy atom. The van der Waals surface area contributed by atoms with Crippen LogP contribution in [0.4, 0.5) is 5.69 Å². The van der Waals surface area contributed by atoms with Crippen LogP contribution in [0.25, 0.3) is 11.0 Å². The van der Waals surface area contributed by atoms with Crippen molar-refractivity contribution < 1.29 is 4.79 Å². The lowest BCUT2D eigenvalue weighted by Gasteiger charge is -2.41. The Morgan fingerprint density at radius 3 is 2.70 bits per heavy atom. The van der Waals surface area contributed by atoms with Crippen molar-refractivity contribution >= 4 is 22.6 Å². The van der Waals surface area contributed by atoms with Crippen LogP contribution in [0.1, 0.15) is 18.9 Å². The standard InChI is InChI=1S/C21H25N5O/c1-16-7-3-5-9-19(16)24-13-14-25(17(2)15-24)21(27)11-12-26-20-10-6-4-8-18(20)22-23-26/h3-10,17H,11-15H2,1-2H3. The number of amides is 1. The van der Waals surface area contributed by atoms with Crippen molar-refractivity contribution in [2.45, 2.75) is 32.9 Å². The number of anilines is 1. The van der Waals surface area contributed by atoms with Crippen LogP contribution in [0.15, 0.2) is 48.5 Å². The molecule has 1 aromatic heterocycles. The van der Waals surface area contributed by atoms with Crippen LogP contribution in [0.3, 0.4) is 0 Å². The molecule has 6 nitrogen and oxygen atoms in total. The van der Waals surface area contributed by atoms with Crippen molar-refractivity contribution in [1.82, 2.24) is 19.9 Å². The van der Waals surface area contributed by atoms with E-state index in [2.05, 4.69) is 53.3 Å². The maximum atomic E-state index is 12.8. The molecular formula is C21H25N5O. The maximum Gasteiger partial charge on any atom is 0.224 e. The van der Waals surface area contributed by atoms with Gasteiger partial charge in [-0.05, 0) is 37.6 Å². The highest BCUT2D eigenvalue weighted by molar-refractivity contribution is 5.78. The van der Waals surface area contributed by atoms with Gasteiger partial charge in [-0.1, -0.05) is 35.5 Å². The topological polar surface area (TPSA) is 54.3 Å². The first kappa shape index (κ1) is 17.5. The highest BCUT2D eigenvalue weighted by Crippen LogP contribution is 2.23. The van der Waals surface area contributed by atoms with E-state index in [9.17, 15) is 4.79 Å². The van der Waals surface area contributed by atoms with Crippen molar-refractivity contribution in [3.05, 3.63) is 54.1 Å². The van der Waals surface area contributed by atoms with Gasteiger partial charge in [-0.25, -0.2) is 4.68 Å². The molecule has 1 fully saturated rings. The molecule has 4 rings (SSSR count). The van der Waals surface area contributed by atoms with E-state index in [1.165, 1.54) is 11.3 Å². The summed E-state index contributed by atoms with van der Waals surface area (Å²) < 4.78 is 1.82. The number of hydrogen-bond acceptors (Lipinski definition) is 4. The van der Waals surface area contributed by atoms with Gasteiger partial charge in [0.25, 0.3) is 0 Å². The van der Waals surface area contributed by atoms with Crippen LogP contribution < -0.4 is 4.90 Å². The van der Waals surface area contributed by atoms with E-state index in [4.69, 9.17) is 0 Å². The van der Waals surface area contributed by atoms with Crippen molar-refractivity contribution in [3.8, 4) is 0 Å². The molecule has 3 aromatic rings. The predicted octanol–water partition coefficient (Wildman–Crippen LogP) is 2.87. The zero-order chi connectivity index (χ0) is 18.8. The predicted molar refractivity (Wildman–Crippen MR) is 107 cm³/mol. The van der Waals surface area contributed by atoms with Crippen molar-refractivity contribution in [3.63, 3.8) is 0 Å². The number of carbonyl (C=O) groups is 1. The summed E-state index contributed by atoms with van der Waals surface area (Å²) >= 11 is 0. The fourth-order valence-electron chi connectivity index (χ4n) is 3.89. The van der Waals surface area contributed by atoms with Gasteiger partial charge in [0.1, 0.15) is 5.52 Å². The molecule has 0 N–H and O–H groups in total. The Labute approximate surface area is 159 Å². The number of rotatable bonds is 4. The van der Waals surface area contributed by atoms with Crippen LogP contribution in [0, 0.1) is 6.92 Å². The fourth-order valence-corrected chi connectivity index (χ4v) is 3.89. The maximum absolute atomic E-state index is 12.8. The summed E-state index contributed by atoms with van der Waals surface area (Å²) in [5.74, 6) is 0.187. The lowest BCUT2D eigenvalue weighted by molar-refractivity contribution is -0.133. The van der Waals surface area contributed by atoms with Crippen LogP contribution in [-0.2, 0) is 11.3 Å². The molecule has 0 bridgehead atoms. The van der Waals surface area contributed by atoms with Crippen LogP contribution in [-0.4, -0.2) is 51.5 Å². The summed E-state index contributed by atoms with van der Waals surface area (Å²) in [5, 5.41) is 8.34. The molecule has 27 heavy (non-hydrogen) atoms. The van der Waals surface area contributed by atoms with E-state index in [1.54, 1.807) is 0 Å². The molecule has 0 radical (unpaired) electrons. The monoisotopic (exact) mass is 363 g/mol. The molecule has 1 atom stereocenters. The molecule has 1 unspecified atom stereocenters. The second kappa shape index (κ2) is 7.39. The number of aromatic nitrogens is 3. The summed E-state index contributed by atoms with van der Waals surface area (Å²) in [5.41, 5.74) is 4.39. The van der Waals surface area contributed by atoms with E-state index in [0.29, 0.717) is 13.0 Å². The summed E-state index contributed by atoms with van der Waals surface area (Å²) in [7, 11) is 0. The lowest BCUT2D eigenvalue weighted by Crippen LogP contribution is -2.54. The normalized spacial score (nSPS) is 17.5. The average Bonchev–Trinajstić information content (AvgIpc) is 3.09. The van der Waals surface area contributed by atoms with Gasteiger partial charge in [0.2, 0.25) is 5.91 Å². The number of hydrogen-bond donors (Lipinski definition) is 0. The first-order valence-electron chi connectivity index (χ1n) is 9.52. The van der Waals surface area contributed by atoms with Gasteiger partial charge < -0.3 is 9.80 Å². The first-order valence-corrected chi connectivity index (χ1v) is 9.52. The minimum atomic E-state index is 0.187. The zero-order valence-corrected chi connectivity index (χ0v) is 15.9. The SMILES string of the molecule is Cc1ccccc1N1CCN(C(=O)CCn2nnc3ccccc32)C(C)C1. The number of para-hydroxylation sites is 2. The number of aryl methyl sites for hydroxylation is 2. The van der Waals surface area contributed by atoms with Crippen LogP contribution in [0.5, 0.6) is 0 Å². The fraction of sp³-hybridized carbons (Fsp3) is 0.381. The van der Waals surface area contributed by atoms with Crippen LogP contribution >= 0.6 is 0 Å². The average molecular weight is 363 g/mol. The number of piperazine rings is 1. The van der Waals surface area contributed by atoms with Gasteiger partial charge in [0.15, 0.2) is 0 Å². The van der Waals surface area contributed by atoms with E-state index in [0.717, 1.165) is 30.7 Å². The summed E-state index contributed by atoms with van der Waals surface area (Å²) in [6.45, 7) is 7.32. The highest BCUT2D eigenvalue weighted by atomic mass is 16.2. The molecule has 2 heterocycles. The van der Waals surface area contributed by atoms with Crippen LogP contribution in [0.2, 0.25) is 0 Å². The first-order chi connectivity index (χ1) is 13.1. The summed E-state index contributed by atoms with van der Waals surface area (Å²) in [6, 6.07) is 16.5. The highest BCUT2D eigenvalue weighted by Gasteiger charge is 2.27. The Hall–Kier alpha value is -2.89. The minimum absolute atomic E-state index is 0.187. The Morgan fingerprint density at radius 1 is 1.11 bits per heavy atom. The summed E-state index contributed by atoms with van der Waals surface area (Å²) in [6.07, 6.45) is 0.446. The number of carbonyl (C=O) groups excluding carboxylic acids is 1. The molecular weight excluding hydrogens is 338 g/mol. The van der Waals surface area contributed by atoms with Gasteiger partial charge in [0.05, 0.1) is 12.1 Å². The van der Waals surface area contributed by atoms with Gasteiger partial charge in [-0.2, -0.15) is 0 Å². The van der Waals surface area contributed by atoms with Gasteiger partial charge in [0, 0.05) is 37.8 Å². The molecule has 1 saturated heterocycles. The smallest absolute Gasteiger partial charge is 0.224 e. The van der Waals surface area contributed by atoms with Crippen molar-refractivity contribution in [2.24, 2.45) is 0 Å². The third kappa shape index (κ3) is 3.52. The molecule has 0 spiro atoms. The molecule has 2 aromatic carbocycles. The second-order valence-electron chi connectivity index (χ2n) is 7.22. The second-order valence-corrected chi connectivity index (χ2v) is 7.22. The molecule has 1 aliphatic rings. The molecule has 1 aliphatic heterocycles. The number of nitrogens with zero attached hydrogens (tertiary/aromatic N) is 5. The Balaban J connectivity index is 1.38. The van der Waals surface area contributed by atoms with Crippen molar-refractivity contribution in [2.75, 3.05) is 24.5 Å². The molecule has 0 aliphatic carbocycles. The third-order valence-corrected chi connectivity index (χ3v) is 5.36. The number of benzene rings is 2. The van der Waals surface area contributed by atoms with Gasteiger partial charge >= 0.3 is 0 Å². The van der Waals surface area contributed by atoms with Crippen molar-refractivity contribution in [1.29, 1.82) is 0 Å². The van der Waals surface area contributed by atoms with E-state index in [1.807, 2.05) is 33.8 Å². The largest absolute Gasteiger partial charge is 0.367 e. The Kier molecular flexibility index (Phi) is 4.79. The molecule has 140 valence electrons. The zero-order valence-electron chi connectivity index (χ0n) is 15.9. The third-order valence-electron chi connectivity index (χ3n) is 5.36. The van der Waals surface area contributed by atoms with Gasteiger partial charge in [-0.15, -0.1) is 5.10 Å². The van der Waals surface area contributed by atoms with E-state index < -0.39 is 0 Å². The minimum Gasteiger partial charge on any atom is -0.367 e. The molecule has 1 amide bonds. The van der Waals surface area contributed by atoms with E-state index >= 15 is 0 Å². The number of fused-ring (bicyclic) bond motifs is 1. The quantitative estimate of drug-likeness (QED) is 0.715. The Bertz CT molecular complexity index is 950. The van der Waals surface area contributed by atoms with Gasteiger partial charge in [-0.3, -0.25) is 4.79 Å².